The van der Waals surface area contributed by atoms with Gasteiger partial charge in [-0.25, -0.2) is 9.18 Å². The fraction of sp³-hybridized carbons (Fsp3) is 0.700. The Hall–Kier alpha value is -2.50. The third-order valence-electron chi connectivity index (χ3n) is 11.1. The van der Waals surface area contributed by atoms with E-state index >= 15 is 4.39 Å². The summed E-state index contributed by atoms with van der Waals surface area (Å²) in [4.78, 5) is 38.8. The molecule has 3 fully saturated rings. The minimum atomic E-state index is -1.40. The molecule has 3 aliphatic carbocycles. The van der Waals surface area contributed by atoms with Crippen LogP contribution in [0.3, 0.4) is 0 Å². The number of ether oxygens (including phenoxy) is 2. The molecule has 41 heavy (non-hydrogen) atoms. The molecule has 2 bridgehead atoms. The van der Waals surface area contributed by atoms with E-state index in [2.05, 4.69) is 12.2 Å². The molecule has 0 saturated heterocycles. The molecule has 1 heterocycles. The van der Waals surface area contributed by atoms with Gasteiger partial charge in [0.15, 0.2) is 18.2 Å². The molecule has 11 heteroatoms. The summed E-state index contributed by atoms with van der Waals surface area (Å²) >= 11 is 0. The van der Waals surface area contributed by atoms with Crippen molar-refractivity contribution < 1.29 is 43.0 Å². The summed E-state index contributed by atoms with van der Waals surface area (Å²) in [6, 6.07) is 2.97. The lowest BCUT2D eigenvalue weighted by molar-refractivity contribution is -0.212. The molecule has 3 saturated carbocycles. The minimum absolute atomic E-state index is 0.00708. The predicted molar refractivity (Wildman–Crippen MR) is 147 cm³/mol. The van der Waals surface area contributed by atoms with Crippen molar-refractivity contribution in [2.75, 3.05) is 13.2 Å². The Morgan fingerprint density at radius 1 is 1.24 bits per heavy atom. The number of hydrogen-bond acceptors (Lipinski definition) is 8. The molecule has 5 rings (SSSR count). The number of rotatable bonds is 6. The van der Waals surface area contributed by atoms with Gasteiger partial charge in [0.1, 0.15) is 11.9 Å². The van der Waals surface area contributed by atoms with E-state index in [1.165, 1.54) is 13.0 Å². The maximum Gasteiger partial charge on any atom is 0.494 e. The molecular weight excluding hydrogens is 532 g/mol. The van der Waals surface area contributed by atoms with Crippen molar-refractivity contribution in [3.05, 3.63) is 23.5 Å². The van der Waals surface area contributed by atoms with Gasteiger partial charge in [-0.1, -0.05) is 33.8 Å². The van der Waals surface area contributed by atoms with Crippen molar-refractivity contribution in [2.24, 2.45) is 34.0 Å². The largest absolute Gasteiger partial charge is 0.494 e. The topological polar surface area (TPSA) is 131 Å². The molecule has 0 aromatic heterocycles. The van der Waals surface area contributed by atoms with Crippen molar-refractivity contribution in [2.45, 2.75) is 85.5 Å². The van der Waals surface area contributed by atoms with Crippen LogP contribution < -0.4 is 15.5 Å². The average Bonchev–Trinajstić information content (AvgIpc) is 3.48. The minimum Gasteiger partial charge on any atom is -0.479 e. The SMILES string of the molecule is CC(=O)NCC1(C)CC(OC(=O)COc2ccc3c(c2F)B(O)OC3)C2(C)C(C)CCC3(CCC(=O)C32)C(C)C1O. The molecule has 1 aliphatic heterocycles. The molecule has 1 amide bonds. The number of amides is 1. The van der Waals surface area contributed by atoms with Crippen LogP contribution in [0.5, 0.6) is 5.75 Å². The molecule has 8 atom stereocenters. The third-order valence-corrected chi connectivity index (χ3v) is 11.1. The van der Waals surface area contributed by atoms with Gasteiger partial charge in [-0.3, -0.25) is 9.59 Å². The highest BCUT2D eigenvalue weighted by Gasteiger charge is 2.68. The third kappa shape index (κ3) is 4.78. The molecule has 8 unspecified atom stereocenters. The summed E-state index contributed by atoms with van der Waals surface area (Å²) in [5, 5.41) is 24.6. The Labute approximate surface area is 240 Å². The number of ketones is 1. The summed E-state index contributed by atoms with van der Waals surface area (Å²) in [7, 11) is -1.40. The second-order valence-electron chi connectivity index (χ2n) is 13.3. The number of halogens is 1. The van der Waals surface area contributed by atoms with E-state index in [1.54, 1.807) is 6.07 Å². The number of benzene rings is 1. The van der Waals surface area contributed by atoms with Gasteiger partial charge in [0.25, 0.3) is 0 Å². The fourth-order valence-electron chi connectivity index (χ4n) is 8.56. The van der Waals surface area contributed by atoms with Crippen LogP contribution in [0.2, 0.25) is 0 Å². The first-order chi connectivity index (χ1) is 19.2. The standard InChI is InChI=1S/C30H41BFNO8/c1-16-8-10-30-11-9-20(35)26(30)29(16,5)22(12-28(4,15-33-18(3)34)27(37)17(30)2)41-23(36)14-39-21-7-6-19-13-40-31(38)24(19)25(21)32/h6-7,16-17,22,26-27,37-38H,8-15H2,1-5H3,(H,33,34). The smallest absolute Gasteiger partial charge is 0.479 e. The maximum atomic E-state index is 15.0. The number of carbonyl (C=O) groups is 3. The number of carbonyl (C=O) groups excluding carboxylic acids is 3. The highest BCUT2D eigenvalue weighted by molar-refractivity contribution is 6.61. The lowest BCUT2D eigenvalue weighted by Gasteiger charge is -2.62. The second kappa shape index (κ2) is 10.6. The van der Waals surface area contributed by atoms with E-state index in [1.807, 2.05) is 20.8 Å². The molecule has 0 radical (unpaired) electrons. The molecular formula is C30H41BFNO8. The lowest BCUT2D eigenvalue weighted by Crippen LogP contribution is -2.64. The zero-order valence-corrected chi connectivity index (χ0v) is 24.5. The Morgan fingerprint density at radius 2 is 1.98 bits per heavy atom. The van der Waals surface area contributed by atoms with Crippen molar-refractivity contribution in [3.8, 4) is 5.75 Å². The van der Waals surface area contributed by atoms with E-state index in [4.69, 9.17) is 14.1 Å². The first-order valence-electron chi connectivity index (χ1n) is 14.6. The van der Waals surface area contributed by atoms with E-state index in [9.17, 15) is 24.5 Å². The molecule has 0 spiro atoms. The second-order valence-corrected chi connectivity index (χ2v) is 13.3. The van der Waals surface area contributed by atoms with Crippen LogP contribution in [-0.2, 0) is 30.4 Å². The van der Waals surface area contributed by atoms with E-state index in [0.29, 0.717) is 18.4 Å². The summed E-state index contributed by atoms with van der Waals surface area (Å²) in [6.07, 6.45) is 1.32. The molecule has 1 aromatic rings. The number of hydrogen-bond donors (Lipinski definition) is 3. The molecule has 224 valence electrons. The fourth-order valence-corrected chi connectivity index (χ4v) is 8.56. The first-order valence-corrected chi connectivity index (χ1v) is 14.6. The zero-order chi connectivity index (χ0) is 29.9. The average molecular weight is 573 g/mol. The highest BCUT2D eigenvalue weighted by Crippen LogP contribution is 2.67. The number of Topliss-reactive ketones (excluding diaryl/α,β-unsaturated/α-hetero) is 1. The highest BCUT2D eigenvalue weighted by atomic mass is 19.1. The van der Waals surface area contributed by atoms with Gasteiger partial charge >= 0.3 is 13.1 Å². The van der Waals surface area contributed by atoms with Crippen LogP contribution in [0.1, 0.15) is 72.3 Å². The molecule has 9 nitrogen and oxygen atoms in total. The lowest BCUT2D eigenvalue weighted by atomic mass is 9.44. The number of fused-ring (bicyclic) bond motifs is 1. The van der Waals surface area contributed by atoms with Crippen molar-refractivity contribution in [3.63, 3.8) is 0 Å². The van der Waals surface area contributed by atoms with Gasteiger partial charge in [0, 0.05) is 42.1 Å². The summed E-state index contributed by atoms with van der Waals surface area (Å²) in [6.45, 7) is 9.14. The summed E-state index contributed by atoms with van der Waals surface area (Å²) in [5.41, 5.74) is -1.50. The molecule has 4 aliphatic rings. The van der Waals surface area contributed by atoms with Crippen molar-refractivity contribution >= 4 is 30.2 Å². The van der Waals surface area contributed by atoms with Gasteiger partial charge < -0.3 is 29.6 Å². The van der Waals surface area contributed by atoms with Gasteiger partial charge in [0.2, 0.25) is 5.91 Å². The van der Waals surface area contributed by atoms with Gasteiger partial charge in [0.05, 0.1) is 12.7 Å². The summed E-state index contributed by atoms with van der Waals surface area (Å²) < 4.78 is 31.8. The number of esters is 1. The van der Waals surface area contributed by atoms with Gasteiger partial charge in [-0.2, -0.15) is 0 Å². The van der Waals surface area contributed by atoms with Gasteiger partial charge in [-0.15, -0.1) is 0 Å². The van der Waals surface area contributed by atoms with Crippen LogP contribution in [0, 0.1) is 39.8 Å². The Kier molecular flexibility index (Phi) is 7.79. The van der Waals surface area contributed by atoms with Crippen LogP contribution in [-0.4, -0.2) is 60.3 Å². The quantitative estimate of drug-likeness (QED) is 0.349. The molecule has 1 aromatic carbocycles. The maximum absolute atomic E-state index is 15.0. The van der Waals surface area contributed by atoms with E-state index in [-0.39, 0.29) is 60.2 Å². The van der Waals surface area contributed by atoms with Crippen molar-refractivity contribution in [1.29, 1.82) is 0 Å². The van der Waals surface area contributed by atoms with Crippen LogP contribution in [0.4, 0.5) is 4.39 Å². The number of nitrogens with one attached hydrogen (secondary N) is 1. The predicted octanol–water partition coefficient (Wildman–Crippen LogP) is 2.28. The van der Waals surface area contributed by atoms with Crippen molar-refractivity contribution in [1.82, 2.24) is 5.32 Å². The van der Waals surface area contributed by atoms with Crippen LogP contribution >= 0.6 is 0 Å². The Balaban J connectivity index is 1.46. The monoisotopic (exact) mass is 573 g/mol. The van der Waals surface area contributed by atoms with Gasteiger partial charge in [-0.05, 0) is 54.6 Å². The zero-order valence-electron chi connectivity index (χ0n) is 24.5. The van der Waals surface area contributed by atoms with Crippen LogP contribution in [0.25, 0.3) is 0 Å². The number of aliphatic hydroxyl groups is 1. The summed E-state index contributed by atoms with van der Waals surface area (Å²) in [5.74, 6) is -2.35. The van der Waals surface area contributed by atoms with E-state index in [0.717, 1.165) is 12.8 Å². The Morgan fingerprint density at radius 3 is 2.68 bits per heavy atom. The number of aliphatic hydroxyl groups excluding tert-OH is 1. The van der Waals surface area contributed by atoms with Crippen LogP contribution in [0.15, 0.2) is 12.1 Å². The first kappa shape index (κ1) is 30.0. The normalized spacial score (nSPS) is 38.0. The molecule has 3 N–H and O–H groups in total. The van der Waals surface area contributed by atoms with E-state index < -0.39 is 54.0 Å². The Bertz CT molecular complexity index is 1250.